The number of rotatable bonds is 4. The number of furan rings is 1. The first-order chi connectivity index (χ1) is 14.6. The van der Waals surface area contributed by atoms with E-state index in [-0.39, 0.29) is 29.7 Å². The van der Waals surface area contributed by atoms with Crippen LogP contribution in [-0.4, -0.2) is 78.0 Å². The van der Waals surface area contributed by atoms with Gasteiger partial charge in [-0.05, 0) is 64.5 Å². The monoisotopic (exact) mass is 433 g/mol. The fourth-order valence-electron chi connectivity index (χ4n) is 4.36. The lowest BCUT2D eigenvalue weighted by atomic mass is 9.92. The molecule has 2 saturated heterocycles. The number of nitrogens with zero attached hydrogens (tertiary/aromatic N) is 3. The first kappa shape index (κ1) is 23.2. The molecule has 0 spiro atoms. The summed E-state index contributed by atoms with van der Waals surface area (Å²) in [7, 11) is 1.75. The van der Waals surface area contributed by atoms with Crippen molar-refractivity contribution < 1.29 is 23.5 Å². The molecule has 2 fully saturated rings. The van der Waals surface area contributed by atoms with Gasteiger partial charge in [0.2, 0.25) is 5.91 Å². The van der Waals surface area contributed by atoms with Crippen molar-refractivity contribution in [1.29, 1.82) is 0 Å². The molecule has 0 N–H and O–H groups in total. The Morgan fingerprint density at radius 3 is 2.45 bits per heavy atom. The molecule has 31 heavy (non-hydrogen) atoms. The Morgan fingerprint density at radius 1 is 1.13 bits per heavy atom. The molecule has 0 aliphatic carbocycles. The average molecular weight is 434 g/mol. The first-order valence-corrected chi connectivity index (χ1v) is 11.2. The number of hydrogen-bond acceptors (Lipinski definition) is 5. The van der Waals surface area contributed by atoms with Crippen LogP contribution in [0.3, 0.4) is 0 Å². The van der Waals surface area contributed by atoms with Crippen molar-refractivity contribution >= 4 is 17.9 Å². The molecule has 1 aromatic heterocycles. The summed E-state index contributed by atoms with van der Waals surface area (Å²) in [5.74, 6) is 0.602. The minimum Gasteiger partial charge on any atom is -0.459 e. The zero-order chi connectivity index (χ0) is 22.6. The molecular formula is C23H35N3O5. The Bertz CT molecular complexity index is 763. The standard InChI is InChI=1S/C23H35N3O5/c1-23(2,3)31-22(29)24(4)15-17-7-5-11-26(16-17)20(27)18-9-12-25(13-10-18)21(28)19-8-6-14-30-19/h6,8,14,17-18H,5,7,9-13,15-16H2,1-4H3. The lowest BCUT2D eigenvalue weighted by Crippen LogP contribution is -2.49. The van der Waals surface area contributed by atoms with Crippen LogP contribution in [0.4, 0.5) is 4.79 Å². The van der Waals surface area contributed by atoms with E-state index in [9.17, 15) is 14.4 Å². The van der Waals surface area contributed by atoms with Gasteiger partial charge in [-0.1, -0.05) is 0 Å². The predicted octanol–water partition coefficient (Wildman–Crippen LogP) is 3.24. The van der Waals surface area contributed by atoms with E-state index >= 15 is 0 Å². The van der Waals surface area contributed by atoms with Crippen LogP contribution < -0.4 is 0 Å². The van der Waals surface area contributed by atoms with Gasteiger partial charge in [0.1, 0.15) is 5.60 Å². The van der Waals surface area contributed by atoms with Crippen LogP contribution in [0.1, 0.15) is 57.0 Å². The van der Waals surface area contributed by atoms with Crippen LogP contribution in [-0.2, 0) is 9.53 Å². The highest BCUT2D eigenvalue weighted by atomic mass is 16.6. The second-order valence-electron chi connectivity index (χ2n) is 9.70. The molecule has 8 nitrogen and oxygen atoms in total. The van der Waals surface area contributed by atoms with Crippen LogP contribution in [0.2, 0.25) is 0 Å². The molecule has 0 aromatic carbocycles. The number of carbonyl (C=O) groups excluding carboxylic acids is 3. The molecule has 3 heterocycles. The third-order valence-electron chi connectivity index (χ3n) is 5.93. The van der Waals surface area contributed by atoms with Gasteiger partial charge in [-0.25, -0.2) is 4.79 Å². The summed E-state index contributed by atoms with van der Waals surface area (Å²) in [6.45, 7) is 8.69. The zero-order valence-corrected chi connectivity index (χ0v) is 19.1. The van der Waals surface area contributed by atoms with Gasteiger partial charge < -0.3 is 23.9 Å². The first-order valence-electron chi connectivity index (χ1n) is 11.2. The fraction of sp³-hybridized carbons (Fsp3) is 0.696. The fourth-order valence-corrected chi connectivity index (χ4v) is 4.36. The maximum atomic E-state index is 13.1. The highest BCUT2D eigenvalue weighted by molar-refractivity contribution is 5.91. The van der Waals surface area contributed by atoms with E-state index in [2.05, 4.69) is 0 Å². The second-order valence-corrected chi connectivity index (χ2v) is 9.70. The summed E-state index contributed by atoms with van der Waals surface area (Å²) in [6.07, 6.45) is 4.44. The van der Waals surface area contributed by atoms with Gasteiger partial charge in [-0.3, -0.25) is 9.59 Å². The Labute approximate surface area is 184 Å². The van der Waals surface area contributed by atoms with Crippen molar-refractivity contribution in [2.24, 2.45) is 11.8 Å². The minimum atomic E-state index is -0.521. The van der Waals surface area contributed by atoms with Crippen LogP contribution in [0.5, 0.6) is 0 Å². The lowest BCUT2D eigenvalue weighted by Gasteiger charge is -2.38. The summed E-state index contributed by atoms with van der Waals surface area (Å²) in [6, 6.07) is 3.37. The highest BCUT2D eigenvalue weighted by Crippen LogP contribution is 2.25. The lowest BCUT2D eigenvalue weighted by molar-refractivity contribution is -0.138. The molecule has 172 valence electrons. The van der Waals surface area contributed by atoms with E-state index in [1.54, 1.807) is 29.0 Å². The maximum Gasteiger partial charge on any atom is 0.410 e. The maximum absolute atomic E-state index is 13.1. The third kappa shape index (κ3) is 6.24. The van der Waals surface area contributed by atoms with Gasteiger partial charge in [-0.15, -0.1) is 0 Å². The summed E-state index contributed by atoms with van der Waals surface area (Å²) in [5.41, 5.74) is -0.521. The number of hydrogen-bond donors (Lipinski definition) is 0. The van der Waals surface area contributed by atoms with E-state index in [1.807, 2.05) is 25.7 Å². The Kier molecular flexibility index (Phi) is 7.28. The number of piperidine rings is 2. The predicted molar refractivity (Wildman–Crippen MR) is 116 cm³/mol. The molecule has 3 amide bonds. The van der Waals surface area contributed by atoms with Crippen molar-refractivity contribution in [3.8, 4) is 0 Å². The van der Waals surface area contributed by atoms with E-state index in [0.717, 1.165) is 19.4 Å². The molecule has 1 unspecified atom stereocenters. The van der Waals surface area contributed by atoms with Crippen molar-refractivity contribution in [3.05, 3.63) is 24.2 Å². The minimum absolute atomic E-state index is 0.0528. The van der Waals surface area contributed by atoms with Gasteiger partial charge in [0.25, 0.3) is 5.91 Å². The summed E-state index contributed by atoms with van der Waals surface area (Å²) in [5, 5.41) is 0. The zero-order valence-electron chi connectivity index (χ0n) is 19.1. The number of carbonyl (C=O) groups is 3. The molecule has 2 aliphatic rings. The summed E-state index contributed by atoms with van der Waals surface area (Å²) < 4.78 is 10.6. The normalized spacial score (nSPS) is 20.5. The van der Waals surface area contributed by atoms with Crippen LogP contribution in [0.25, 0.3) is 0 Å². The Hall–Kier alpha value is -2.51. The molecule has 3 rings (SSSR count). The van der Waals surface area contributed by atoms with E-state index < -0.39 is 5.60 Å². The van der Waals surface area contributed by atoms with Gasteiger partial charge in [0.05, 0.1) is 6.26 Å². The van der Waals surface area contributed by atoms with Gasteiger partial charge in [0, 0.05) is 45.7 Å². The van der Waals surface area contributed by atoms with Crippen LogP contribution in [0.15, 0.2) is 22.8 Å². The molecule has 1 atom stereocenters. The Morgan fingerprint density at radius 2 is 1.84 bits per heavy atom. The molecular weight excluding hydrogens is 398 g/mol. The number of likely N-dealkylation sites (tertiary alicyclic amines) is 2. The summed E-state index contributed by atoms with van der Waals surface area (Å²) in [4.78, 5) is 43.1. The van der Waals surface area contributed by atoms with Gasteiger partial charge in [0.15, 0.2) is 5.76 Å². The van der Waals surface area contributed by atoms with Crippen LogP contribution in [0, 0.1) is 11.8 Å². The van der Waals surface area contributed by atoms with Crippen molar-refractivity contribution in [2.45, 2.75) is 52.1 Å². The number of ether oxygens (including phenoxy) is 1. The molecule has 0 radical (unpaired) electrons. The third-order valence-corrected chi connectivity index (χ3v) is 5.93. The molecule has 0 bridgehead atoms. The largest absolute Gasteiger partial charge is 0.459 e. The van der Waals surface area contributed by atoms with Crippen LogP contribution >= 0.6 is 0 Å². The summed E-state index contributed by atoms with van der Waals surface area (Å²) >= 11 is 0. The molecule has 1 aromatic rings. The van der Waals surface area contributed by atoms with E-state index in [0.29, 0.717) is 44.8 Å². The van der Waals surface area contributed by atoms with Crippen molar-refractivity contribution in [3.63, 3.8) is 0 Å². The molecule has 2 aliphatic heterocycles. The molecule has 8 heteroatoms. The SMILES string of the molecule is CN(CC1CCCN(C(=O)C2CCN(C(=O)c3ccco3)CC2)C1)C(=O)OC(C)(C)C. The second kappa shape index (κ2) is 9.75. The smallest absolute Gasteiger partial charge is 0.410 e. The molecule has 0 saturated carbocycles. The Balaban J connectivity index is 1.47. The van der Waals surface area contributed by atoms with Crippen molar-refractivity contribution in [1.82, 2.24) is 14.7 Å². The van der Waals surface area contributed by atoms with Gasteiger partial charge in [-0.2, -0.15) is 0 Å². The van der Waals surface area contributed by atoms with E-state index in [1.165, 1.54) is 6.26 Å². The average Bonchev–Trinajstić information content (AvgIpc) is 3.26. The van der Waals surface area contributed by atoms with Gasteiger partial charge >= 0.3 is 6.09 Å². The van der Waals surface area contributed by atoms with E-state index in [4.69, 9.17) is 9.15 Å². The quantitative estimate of drug-likeness (QED) is 0.728. The topological polar surface area (TPSA) is 83.3 Å². The number of amides is 3. The van der Waals surface area contributed by atoms with Crippen molar-refractivity contribution in [2.75, 3.05) is 39.8 Å². The highest BCUT2D eigenvalue weighted by Gasteiger charge is 2.34.